The third kappa shape index (κ3) is 1.15. The molecule has 2 nitrogen and oxygen atoms in total. The Balaban J connectivity index is 1.81. The molecular formula is C11H17NO. The summed E-state index contributed by atoms with van der Waals surface area (Å²) in [6, 6.07) is 0. The molecule has 4 bridgehead atoms. The predicted molar refractivity (Wildman–Crippen MR) is 50.3 cm³/mol. The lowest BCUT2D eigenvalue weighted by Crippen LogP contribution is -2.57. The fraction of sp³-hybridized carbons (Fsp3) is 0.909. The van der Waals surface area contributed by atoms with E-state index in [0.29, 0.717) is 0 Å². The summed E-state index contributed by atoms with van der Waals surface area (Å²) in [5.74, 6) is 3.43. The fourth-order valence-corrected chi connectivity index (χ4v) is 4.00. The molecule has 4 aliphatic rings. The molecule has 72 valence electrons. The number of rotatable bonds is 2. The summed E-state index contributed by atoms with van der Waals surface area (Å²) in [5.41, 5.74) is 0. The van der Waals surface area contributed by atoms with Crippen molar-refractivity contribution in [2.24, 2.45) is 23.7 Å². The maximum atomic E-state index is 10.6. The number of hydrogen-bond donors (Lipinski definition) is 0. The maximum Gasteiger partial charge on any atom is 0.120 e. The number of carbonyl (C=O) groups is 1. The highest BCUT2D eigenvalue weighted by molar-refractivity contribution is 5.50. The van der Waals surface area contributed by atoms with Gasteiger partial charge in [-0.05, 0) is 36.5 Å². The lowest BCUT2D eigenvalue weighted by atomic mass is 9.61. The van der Waals surface area contributed by atoms with E-state index in [1.165, 1.54) is 32.5 Å². The van der Waals surface area contributed by atoms with Gasteiger partial charge in [-0.3, -0.25) is 0 Å². The molecule has 0 aromatic heterocycles. The molecule has 2 unspecified atom stereocenters. The molecule has 3 heterocycles. The van der Waals surface area contributed by atoms with Crippen LogP contribution in [0.3, 0.4) is 0 Å². The van der Waals surface area contributed by atoms with Crippen LogP contribution in [0.4, 0.5) is 0 Å². The Morgan fingerprint density at radius 2 is 1.85 bits per heavy atom. The highest BCUT2D eigenvalue weighted by Gasteiger charge is 2.46. The van der Waals surface area contributed by atoms with E-state index in [0.717, 1.165) is 36.4 Å². The highest BCUT2D eigenvalue weighted by Crippen LogP contribution is 2.47. The average molecular weight is 179 g/mol. The van der Waals surface area contributed by atoms with Gasteiger partial charge in [0.15, 0.2) is 0 Å². The van der Waals surface area contributed by atoms with Crippen molar-refractivity contribution < 1.29 is 4.79 Å². The zero-order chi connectivity index (χ0) is 8.84. The first kappa shape index (κ1) is 7.98. The Morgan fingerprint density at radius 1 is 1.15 bits per heavy atom. The Hall–Kier alpha value is -0.370. The number of carbonyl (C=O) groups excluding carboxylic acids is 1. The quantitative estimate of drug-likeness (QED) is 0.593. The molecular weight excluding hydrogens is 162 g/mol. The molecule has 2 heteroatoms. The van der Waals surface area contributed by atoms with Crippen molar-refractivity contribution in [1.82, 2.24) is 4.90 Å². The monoisotopic (exact) mass is 179 g/mol. The van der Waals surface area contributed by atoms with Crippen LogP contribution in [0.15, 0.2) is 0 Å². The van der Waals surface area contributed by atoms with Crippen LogP contribution >= 0.6 is 0 Å². The first-order valence-electron chi connectivity index (χ1n) is 5.53. The van der Waals surface area contributed by atoms with Gasteiger partial charge in [0, 0.05) is 26.1 Å². The Labute approximate surface area is 79.3 Å². The Morgan fingerprint density at radius 3 is 2.38 bits per heavy atom. The SMILES string of the molecule is O=CCC1C2CC3CC1CN(C3)C2. The van der Waals surface area contributed by atoms with Gasteiger partial charge < -0.3 is 9.69 Å². The van der Waals surface area contributed by atoms with E-state index in [9.17, 15) is 4.79 Å². The van der Waals surface area contributed by atoms with Crippen LogP contribution in [0, 0.1) is 23.7 Å². The van der Waals surface area contributed by atoms with Gasteiger partial charge in [0.1, 0.15) is 6.29 Å². The van der Waals surface area contributed by atoms with Crippen molar-refractivity contribution in [3.05, 3.63) is 0 Å². The molecule has 0 aromatic carbocycles. The molecule has 1 saturated carbocycles. The van der Waals surface area contributed by atoms with Gasteiger partial charge in [-0.1, -0.05) is 0 Å². The first-order valence-corrected chi connectivity index (χ1v) is 5.53. The number of piperidine rings is 3. The van der Waals surface area contributed by atoms with Gasteiger partial charge in [0.2, 0.25) is 0 Å². The number of hydrogen-bond acceptors (Lipinski definition) is 2. The molecule has 0 radical (unpaired) electrons. The van der Waals surface area contributed by atoms with Crippen LogP contribution in [0.2, 0.25) is 0 Å². The zero-order valence-electron chi connectivity index (χ0n) is 7.98. The van der Waals surface area contributed by atoms with Crippen molar-refractivity contribution >= 4 is 6.29 Å². The van der Waals surface area contributed by atoms with Crippen molar-refractivity contribution in [3.63, 3.8) is 0 Å². The largest absolute Gasteiger partial charge is 0.303 e. The topological polar surface area (TPSA) is 20.3 Å². The molecule has 4 fully saturated rings. The van der Waals surface area contributed by atoms with E-state index < -0.39 is 0 Å². The summed E-state index contributed by atoms with van der Waals surface area (Å²) in [5, 5.41) is 0. The van der Waals surface area contributed by atoms with Crippen molar-refractivity contribution in [2.75, 3.05) is 19.6 Å². The van der Waals surface area contributed by atoms with Crippen molar-refractivity contribution in [2.45, 2.75) is 19.3 Å². The molecule has 0 amide bonds. The minimum Gasteiger partial charge on any atom is -0.303 e. The molecule has 0 N–H and O–H groups in total. The Bertz CT molecular complexity index is 198. The summed E-state index contributed by atoms with van der Waals surface area (Å²) in [7, 11) is 0. The zero-order valence-corrected chi connectivity index (χ0v) is 7.98. The Kier molecular flexibility index (Phi) is 1.72. The van der Waals surface area contributed by atoms with Gasteiger partial charge in [-0.15, -0.1) is 0 Å². The van der Waals surface area contributed by atoms with E-state index in [2.05, 4.69) is 4.90 Å². The van der Waals surface area contributed by atoms with Crippen LogP contribution in [0.5, 0.6) is 0 Å². The minimum atomic E-state index is 0.741. The summed E-state index contributed by atoms with van der Waals surface area (Å²) < 4.78 is 0. The van der Waals surface area contributed by atoms with Crippen LogP contribution < -0.4 is 0 Å². The second-order valence-corrected chi connectivity index (χ2v) is 5.14. The molecule has 2 atom stereocenters. The minimum absolute atomic E-state index is 0.741. The lowest BCUT2D eigenvalue weighted by molar-refractivity contribution is -0.114. The van der Waals surface area contributed by atoms with Crippen LogP contribution in [0.1, 0.15) is 19.3 Å². The molecule has 13 heavy (non-hydrogen) atoms. The smallest absolute Gasteiger partial charge is 0.120 e. The predicted octanol–water partition coefficient (Wildman–Crippen LogP) is 1.16. The van der Waals surface area contributed by atoms with Crippen molar-refractivity contribution in [1.29, 1.82) is 0 Å². The second-order valence-electron chi connectivity index (χ2n) is 5.14. The molecule has 3 saturated heterocycles. The summed E-state index contributed by atoms with van der Waals surface area (Å²) in [4.78, 5) is 13.2. The van der Waals surface area contributed by atoms with Gasteiger partial charge in [-0.2, -0.15) is 0 Å². The molecule has 4 rings (SSSR count). The molecule has 1 aliphatic carbocycles. The fourth-order valence-electron chi connectivity index (χ4n) is 4.00. The highest BCUT2D eigenvalue weighted by atomic mass is 16.1. The standard InChI is InChI=1S/C11H17NO/c13-2-1-11-9-3-8-4-10(11)7-12(5-8)6-9/h2,8-11H,1,3-7H2. The summed E-state index contributed by atoms with van der Waals surface area (Å²) in [6.45, 7) is 3.91. The third-order valence-electron chi connectivity index (χ3n) is 4.35. The average Bonchev–Trinajstić information content (AvgIpc) is 2.10. The number of aldehydes is 1. The van der Waals surface area contributed by atoms with E-state index in [1.54, 1.807) is 0 Å². The summed E-state index contributed by atoms with van der Waals surface area (Å²) >= 11 is 0. The van der Waals surface area contributed by atoms with E-state index in [-0.39, 0.29) is 0 Å². The van der Waals surface area contributed by atoms with Crippen LogP contribution in [-0.2, 0) is 4.79 Å². The lowest BCUT2D eigenvalue weighted by Gasteiger charge is -2.55. The third-order valence-corrected chi connectivity index (χ3v) is 4.35. The second kappa shape index (κ2) is 2.81. The van der Waals surface area contributed by atoms with E-state index in [1.807, 2.05) is 0 Å². The van der Waals surface area contributed by atoms with Crippen molar-refractivity contribution in [3.8, 4) is 0 Å². The maximum absolute atomic E-state index is 10.6. The van der Waals surface area contributed by atoms with E-state index in [4.69, 9.17) is 0 Å². The summed E-state index contributed by atoms with van der Waals surface area (Å²) in [6.07, 6.45) is 4.79. The van der Waals surface area contributed by atoms with Gasteiger partial charge in [0.25, 0.3) is 0 Å². The molecule has 0 spiro atoms. The number of nitrogens with zero attached hydrogens (tertiary/aromatic N) is 1. The normalized spacial score (nSPS) is 52.5. The molecule has 0 aromatic rings. The van der Waals surface area contributed by atoms with E-state index >= 15 is 0 Å². The van der Waals surface area contributed by atoms with Crippen LogP contribution in [0.25, 0.3) is 0 Å². The first-order chi connectivity index (χ1) is 6.36. The van der Waals surface area contributed by atoms with Crippen LogP contribution in [-0.4, -0.2) is 30.8 Å². The van der Waals surface area contributed by atoms with Gasteiger partial charge in [0.05, 0.1) is 0 Å². The van der Waals surface area contributed by atoms with Gasteiger partial charge >= 0.3 is 0 Å². The molecule has 3 aliphatic heterocycles. The van der Waals surface area contributed by atoms with Gasteiger partial charge in [-0.25, -0.2) is 0 Å².